The van der Waals surface area contributed by atoms with Crippen LogP contribution < -0.4 is 11.1 Å². The first-order valence-electron chi connectivity index (χ1n) is 6.68. The van der Waals surface area contributed by atoms with Crippen molar-refractivity contribution in [1.29, 1.82) is 0 Å². The molecule has 1 aromatic heterocycles. The second kappa shape index (κ2) is 7.07. The molecule has 0 aromatic carbocycles. The number of alkyl carbamates (subject to hydrolysis) is 1. The lowest BCUT2D eigenvalue weighted by atomic mass is 10.2. The van der Waals surface area contributed by atoms with Crippen molar-refractivity contribution in [3.8, 4) is 11.8 Å². The number of amides is 1. The fraction of sp³-hybridized carbons (Fsp3) is 0.467. The first kappa shape index (κ1) is 17.7. The number of halogens is 2. The summed E-state index contributed by atoms with van der Waals surface area (Å²) in [4.78, 5) is 14.7. The molecule has 120 valence electrons. The van der Waals surface area contributed by atoms with Crippen LogP contribution in [0.25, 0.3) is 0 Å². The van der Waals surface area contributed by atoms with Crippen LogP contribution in [0.3, 0.4) is 0 Å². The Bertz CT molecular complexity index is 616. The summed E-state index contributed by atoms with van der Waals surface area (Å²) in [6, 6.07) is 0.609. The summed E-state index contributed by atoms with van der Waals surface area (Å²) in [5.74, 6) is 2.77. The minimum atomic E-state index is -1.26. The van der Waals surface area contributed by atoms with Crippen molar-refractivity contribution in [3.63, 3.8) is 0 Å². The van der Waals surface area contributed by atoms with Gasteiger partial charge in [-0.2, -0.15) is 9.37 Å². The molecular weight excluding hydrogens is 292 g/mol. The van der Waals surface area contributed by atoms with Crippen molar-refractivity contribution in [2.45, 2.75) is 45.8 Å². The molecule has 1 amide bonds. The summed E-state index contributed by atoms with van der Waals surface area (Å²) < 4.78 is 31.0. The molecule has 0 aliphatic rings. The van der Waals surface area contributed by atoms with E-state index in [4.69, 9.17) is 10.5 Å². The van der Waals surface area contributed by atoms with Crippen molar-refractivity contribution < 1.29 is 18.3 Å². The van der Waals surface area contributed by atoms with Gasteiger partial charge in [-0.3, -0.25) is 0 Å². The number of pyridine rings is 1. The standard InChI is InChI=1S/C15H19F2N3O2/c1-9(19-14(21)22-15(2,3)4)6-5-7-10-8-11(16)12(17)20-13(10)18/h8-9H,6H2,1-4H3,(H2,18,20)(H,19,21)/t9-/m0/s1. The summed E-state index contributed by atoms with van der Waals surface area (Å²) in [6.07, 6.45) is -0.256. The van der Waals surface area contributed by atoms with Crippen molar-refractivity contribution in [2.24, 2.45) is 0 Å². The van der Waals surface area contributed by atoms with Gasteiger partial charge in [-0.15, -0.1) is 0 Å². The van der Waals surface area contributed by atoms with Crippen molar-refractivity contribution in [3.05, 3.63) is 23.4 Å². The Hall–Kier alpha value is -2.36. The highest BCUT2D eigenvalue weighted by molar-refractivity contribution is 5.68. The van der Waals surface area contributed by atoms with E-state index in [2.05, 4.69) is 22.1 Å². The maximum absolute atomic E-state index is 13.0. The van der Waals surface area contributed by atoms with Gasteiger partial charge < -0.3 is 15.8 Å². The number of hydrogen-bond acceptors (Lipinski definition) is 4. The number of nitrogen functional groups attached to an aromatic ring is 1. The number of aromatic nitrogens is 1. The molecule has 0 aliphatic heterocycles. The topological polar surface area (TPSA) is 77.2 Å². The predicted octanol–water partition coefficient (Wildman–Crippen LogP) is 2.60. The molecular formula is C15H19F2N3O2. The largest absolute Gasteiger partial charge is 0.444 e. The molecule has 3 N–H and O–H groups in total. The van der Waals surface area contributed by atoms with Crippen LogP contribution in [0.1, 0.15) is 39.7 Å². The molecule has 0 fully saturated rings. The fourth-order valence-electron chi connectivity index (χ4n) is 1.44. The van der Waals surface area contributed by atoms with E-state index in [1.54, 1.807) is 27.7 Å². The first-order valence-corrected chi connectivity index (χ1v) is 6.68. The third-order valence-corrected chi connectivity index (χ3v) is 2.36. The number of rotatable bonds is 2. The molecule has 1 aromatic rings. The Balaban J connectivity index is 2.60. The van der Waals surface area contributed by atoms with Crippen LogP contribution in [-0.4, -0.2) is 22.7 Å². The molecule has 22 heavy (non-hydrogen) atoms. The average molecular weight is 311 g/mol. The third kappa shape index (κ3) is 5.95. The summed E-state index contributed by atoms with van der Waals surface area (Å²) in [5, 5.41) is 2.61. The van der Waals surface area contributed by atoms with Gasteiger partial charge in [0.1, 0.15) is 11.4 Å². The van der Waals surface area contributed by atoms with Crippen molar-refractivity contribution in [2.75, 3.05) is 5.73 Å². The molecule has 0 spiro atoms. The zero-order chi connectivity index (χ0) is 16.9. The molecule has 1 atom stereocenters. The number of hydrogen-bond donors (Lipinski definition) is 2. The lowest BCUT2D eigenvalue weighted by molar-refractivity contribution is 0.0509. The van der Waals surface area contributed by atoms with E-state index in [1.165, 1.54) is 0 Å². The number of nitrogens with zero attached hydrogens (tertiary/aromatic N) is 1. The Morgan fingerprint density at radius 3 is 2.73 bits per heavy atom. The zero-order valence-electron chi connectivity index (χ0n) is 13.0. The van der Waals surface area contributed by atoms with Crippen LogP contribution in [0, 0.1) is 23.6 Å². The van der Waals surface area contributed by atoms with Gasteiger partial charge >= 0.3 is 6.09 Å². The molecule has 7 heteroatoms. The number of anilines is 1. The van der Waals surface area contributed by atoms with Crippen LogP contribution >= 0.6 is 0 Å². The van der Waals surface area contributed by atoms with Gasteiger partial charge in [0.15, 0.2) is 5.82 Å². The van der Waals surface area contributed by atoms with Crippen LogP contribution in [0.2, 0.25) is 0 Å². The van der Waals surface area contributed by atoms with Crippen LogP contribution in [0.4, 0.5) is 19.4 Å². The van der Waals surface area contributed by atoms with E-state index < -0.39 is 23.5 Å². The van der Waals surface area contributed by atoms with Crippen LogP contribution in [0.15, 0.2) is 6.07 Å². The lowest BCUT2D eigenvalue weighted by Gasteiger charge is -2.21. The molecule has 0 aliphatic carbocycles. The number of nitrogens with two attached hydrogens (primary N) is 1. The second-order valence-corrected chi connectivity index (χ2v) is 5.75. The summed E-state index contributed by atoms with van der Waals surface area (Å²) >= 11 is 0. The molecule has 5 nitrogen and oxygen atoms in total. The highest BCUT2D eigenvalue weighted by atomic mass is 19.2. The quantitative estimate of drug-likeness (QED) is 0.650. The molecule has 0 radical (unpaired) electrons. The maximum atomic E-state index is 13.0. The van der Waals surface area contributed by atoms with Gasteiger partial charge in [0.05, 0.1) is 5.56 Å². The molecule has 1 heterocycles. The van der Waals surface area contributed by atoms with E-state index in [9.17, 15) is 13.6 Å². The summed E-state index contributed by atoms with van der Waals surface area (Å²) in [5.41, 5.74) is 4.97. The fourth-order valence-corrected chi connectivity index (χ4v) is 1.44. The maximum Gasteiger partial charge on any atom is 0.407 e. The molecule has 0 bridgehead atoms. The number of ether oxygens (including phenoxy) is 1. The number of carbonyl (C=O) groups is 1. The number of carbonyl (C=O) groups excluding carboxylic acids is 1. The van der Waals surface area contributed by atoms with Gasteiger partial charge in [-0.1, -0.05) is 11.8 Å². The van der Waals surface area contributed by atoms with Gasteiger partial charge in [0.2, 0.25) is 0 Å². The lowest BCUT2D eigenvalue weighted by Crippen LogP contribution is -2.37. The Kier molecular flexibility index (Phi) is 5.69. The second-order valence-electron chi connectivity index (χ2n) is 5.75. The van der Waals surface area contributed by atoms with Gasteiger partial charge in [0, 0.05) is 12.5 Å². The SMILES string of the molecule is C[C@@H](CC#Cc1cc(F)c(F)nc1N)NC(=O)OC(C)(C)C. The van der Waals surface area contributed by atoms with E-state index in [0.717, 1.165) is 6.07 Å². The van der Waals surface area contributed by atoms with Gasteiger partial charge in [-0.25, -0.2) is 9.18 Å². The molecule has 1 rings (SSSR count). The summed E-state index contributed by atoms with van der Waals surface area (Å²) in [7, 11) is 0. The van der Waals surface area contributed by atoms with Crippen LogP contribution in [0.5, 0.6) is 0 Å². The Morgan fingerprint density at radius 2 is 2.14 bits per heavy atom. The highest BCUT2D eigenvalue weighted by Crippen LogP contribution is 2.12. The highest BCUT2D eigenvalue weighted by Gasteiger charge is 2.17. The monoisotopic (exact) mass is 311 g/mol. The minimum Gasteiger partial charge on any atom is -0.444 e. The van der Waals surface area contributed by atoms with E-state index in [-0.39, 0.29) is 23.8 Å². The smallest absolute Gasteiger partial charge is 0.407 e. The van der Waals surface area contributed by atoms with Crippen molar-refractivity contribution in [1.82, 2.24) is 10.3 Å². The predicted molar refractivity (Wildman–Crippen MR) is 78.9 cm³/mol. The van der Waals surface area contributed by atoms with Gasteiger partial charge in [-0.05, 0) is 33.8 Å². The third-order valence-electron chi connectivity index (χ3n) is 2.36. The van der Waals surface area contributed by atoms with Crippen LogP contribution in [-0.2, 0) is 4.74 Å². The normalized spacial score (nSPS) is 12.1. The van der Waals surface area contributed by atoms with E-state index in [0.29, 0.717) is 0 Å². The Morgan fingerprint density at radius 1 is 1.50 bits per heavy atom. The van der Waals surface area contributed by atoms with Gasteiger partial charge in [0.25, 0.3) is 5.95 Å². The van der Waals surface area contributed by atoms with E-state index in [1.807, 2.05) is 0 Å². The molecule has 0 saturated heterocycles. The Labute approximate surface area is 128 Å². The summed E-state index contributed by atoms with van der Waals surface area (Å²) in [6.45, 7) is 7.02. The first-order chi connectivity index (χ1) is 10.1. The van der Waals surface area contributed by atoms with E-state index >= 15 is 0 Å². The number of nitrogens with one attached hydrogen (secondary N) is 1. The zero-order valence-corrected chi connectivity index (χ0v) is 13.0. The average Bonchev–Trinajstić information content (AvgIpc) is 2.32. The van der Waals surface area contributed by atoms with Crippen molar-refractivity contribution >= 4 is 11.9 Å². The minimum absolute atomic E-state index is 0.100. The molecule has 0 unspecified atom stereocenters. The molecule has 0 saturated carbocycles.